The number of ether oxygens (including phenoxy) is 2. The predicted molar refractivity (Wildman–Crippen MR) is 80.9 cm³/mol. The molecule has 0 radical (unpaired) electrons. The van der Waals surface area contributed by atoms with E-state index in [-0.39, 0.29) is 11.6 Å². The average molecular weight is 350 g/mol. The van der Waals surface area contributed by atoms with E-state index in [0.29, 0.717) is 30.9 Å². The van der Waals surface area contributed by atoms with E-state index in [1.54, 1.807) is 36.4 Å². The first kappa shape index (κ1) is 15.3. The first-order valence-corrected chi connectivity index (χ1v) is 7.19. The van der Waals surface area contributed by atoms with Crippen molar-refractivity contribution in [3.8, 4) is 17.6 Å². The van der Waals surface area contributed by atoms with Crippen LogP contribution in [0.5, 0.6) is 11.5 Å². The van der Waals surface area contributed by atoms with E-state index >= 15 is 0 Å². The van der Waals surface area contributed by atoms with Crippen LogP contribution >= 0.6 is 15.9 Å². The van der Waals surface area contributed by atoms with Crippen molar-refractivity contribution in [2.45, 2.75) is 6.42 Å². The summed E-state index contributed by atoms with van der Waals surface area (Å²) in [5, 5.41) is 8.68. The van der Waals surface area contributed by atoms with Crippen molar-refractivity contribution < 1.29 is 13.9 Å². The fourth-order valence-corrected chi connectivity index (χ4v) is 1.98. The molecule has 5 heteroatoms. The van der Waals surface area contributed by atoms with Crippen molar-refractivity contribution in [2.24, 2.45) is 0 Å². The summed E-state index contributed by atoms with van der Waals surface area (Å²) < 4.78 is 25.1. The summed E-state index contributed by atoms with van der Waals surface area (Å²) in [5.41, 5.74) is 0.593. The molecular weight excluding hydrogens is 337 g/mol. The van der Waals surface area contributed by atoms with Crippen LogP contribution in [0, 0.1) is 17.1 Å². The fraction of sp³-hybridized carbons (Fsp3) is 0.188. The quantitative estimate of drug-likeness (QED) is 0.729. The maximum Gasteiger partial charge on any atom is 0.165 e. The molecular formula is C16H13BrFNO2. The molecule has 3 nitrogen and oxygen atoms in total. The first-order chi connectivity index (χ1) is 10.2. The van der Waals surface area contributed by atoms with Crippen LogP contribution in [-0.4, -0.2) is 13.2 Å². The molecule has 0 aliphatic carbocycles. The smallest absolute Gasteiger partial charge is 0.165 e. The second-order valence-electron chi connectivity index (χ2n) is 4.26. The molecule has 21 heavy (non-hydrogen) atoms. The van der Waals surface area contributed by atoms with Gasteiger partial charge in [0.15, 0.2) is 11.6 Å². The van der Waals surface area contributed by atoms with Gasteiger partial charge in [0, 0.05) is 10.9 Å². The number of hydrogen-bond donors (Lipinski definition) is 0. The van der Waals surface area contributed by atoms with E-state index in [1.807, 2.05) is 6.07 Å². The van der Waals surface area contributed by atoms with Gasteiger partial charge in [-0.05, 0) is 42.5 Å². The predicted octanol–water partition coefficient (Wildman–Crippen LogP) is 4.31. The summed E-state index contributed by atoms with van der Waals surface area (Å²) in [4.78, 5) is 0. The Balaban J connectivity index is 1.72. The molecule has 0 atom stereocenters. The highest BCUT2D eigenvalue weighted by molar-refractivity contribution is 9.10. The van der Waals surface area contributed by atoms with Crippen LogP contribution in [0.15, 0.2) is 46.9 Å². The number of benzene rings is 2. The van der Waals surface area contributed by atoms with Crippen molar-refractivity contribution in [1.29, 1.82) is 5.26 Å². The van der Waals surface area contributed by atoms with Crippen LogP contribution < -0.4 is 9.47 Å². The summed E-state index contributed by atoms with van der Waals surface area (Å²) in [6.45, 7) is 0.825. The normalized spacial score (nSPS) is 9.95. The molecule has 0 bridgehead atoms. The van der Waals surface area contributed by atoms with Crippen LogP contribution in [0.2, 0.25) is 0 Å². The lowest BCUT2D eigenvalue weighted by atomic mass is 10.2. The molecule has 0 amide bonds. The molecule has 2 rings (SSSR count). The van der Waals surface area contributed by atoms with Gasteiger partial charge in [-0.2, -0.15) is 5.26 Å². The fourth-order valence-electron chi connectivity index (χ4n) is 1.64. The maximum absolute atomic E-state index is 13.4. The van der Waals surface area contributed by atoms with Gasteiger partial charge in [0.25, 0.3) is 0 Å². The molecule has 0 spiro atoms. The second-order valence-corrected chi connectivity index (χ2v) is 5.18. The van der Waals surface area contributed by atoms with Crippen LogP contribution in [0.3, 0.4) is 0 Å². The third-order valence-corrected chi connectivity index (χ3v) is 3.18. The Morgan fingerprint density at radius 2 is 1.76 bits per heavy atom. The number of nitriles is 1. The highest BCUT2D eigenvalue weighted by Crippen LogP contribution is 2.22. The van der Waals surface area contributed by atoms with Crippen molar-refractivity contribution in [3.05, 3.63) is 58.3 Å². The molecule has 0 fully saturated rings. The van der Waals surface area contributed by atoms with Crippen molar-refractivity contribution in [1.82, 2.24) is 0 Å². The number of nitrogens with zero attached hydrogens (tertiary/aromatic N) is 1. The average Bonchev–Trinajstić information content (AvgIpc) is 2.51. The first-order valence-electron chi connectivity index (χ1n) is 6.40. The van der Waals surface area contributed by atoms with E-state index in [4.69, 9.17) is 14.7 Å². The van der Waals surface area contributed by atoms with Gasteiger partial charge < -0.3 is 9.47 Å². The number of hydrogen-bond acceptors (Lipinski definition) is 3. The SMILES string of the molecule is N#Cc1ccc(OCCCOc2cc(Br)ccc2F)cc1. The van der Waals surface area contributed by atoms with E-state index in [0.717, 1.165) is 4.47 Å². The van der Waals surface area contributed by atoms with E-state index < -0.39 is 0 Å². The van der Waals surface area contributed by atoms with Gasteiger partial charge in [-0.1, -0.05) is 15.9 Å². The van der Waals surface area contributed by atoms with Crippen molar-refractivity contribution >= 4 is 15.9 Å². The van der Waals surface area contributed by atoms with Gasteiger partial charge in [0.2, 0.25) is 0 Å². The topological polar surface area (TPSA) is 42.2 Å². The van der Waals surface area contributed by atoms with Crippen LogP contribution in [0.4, 0.5) is 4.39 Å². The zero-order valence-corrected chi connectivity index (χ0v) is 12.8. The largest absolute Gasteiger partial charge is 0.493 e. The van der Waals surface area contributed by atoms with Crippen LogP contribution in [-0.2, 0) is 0 Å². The standard InChI is InChI=1S/C16H13BrFNO2/c17-13-4-7-15(18)16(10-13)21-9-1-8-20-14-5-2-12(11-19)3-6-14/h2-7,10H,1,8-9H2. The van der Waals surface area contributed by atoms with E-state index in [2.05, 4.69) is 15.9 Å². The molecule has 0 saturated heterocycles. The maximum atomic E-state index is 13.4. The van der Waals surface area contributed by atoms with Gasteiger partial charge in [0.1, 0.15) is 5.75 Å². The summed E-state index contributed by atoms with van der Waals surface area (Å²) in [7, 11) is 0. The van der Waals surface area contributed by atoms with Crippen molar-refractivity contribution in [3.63, 3.8) is 0 Å². The monoisotopic (exact) mass is 349 g/mol. The minimum Gasteiger partial charge on any atom is -0.493 e. The minimum absolute atomic E-state index is 0.225. The Labute approximate surface area is 131 Å². The van der Waals surface area contributed by atoms with E-state index in [9.17, 15) is 4.39 Å². The molecule has 0 aliphatic rings. The van der Waals surface area contributed by atoms with Gasteiger partial charge in [-0.15, -0.1) is 0 Å². The van der Waals surface area contributed by atoms with Crippen LogP contribution in [0.25, 0.3) is 0 Å². The Hall–Kier alpha value is -2.06. The second kappa shape index (κ2) is 7.65. The Morgan fingerprint density at radius 3 is 2.48 bits per heavy atom. The summed E-state index contributed by atoms with van der Waals surface area (Å²) >= 11 is 3.27. The molecule has 0 saturated carbocycles. The highest BCUT2D eigenvalue weighted by atomic mass is 79.9. The molecule has 2 aromatic carbocycles. The Morgan fingerprint density at radius 1 is 1.05 bits per heavy atom. The zero-order chi connectivity index (χ0) is 15.1. The van der Waals surface area contributed by atoms with E-state index in [1.165, 1.54) is 6.07 Å². The Kier molecular flexibility index (Phi) is 5.59. The third kappa shape index (κ3) is 4.76. The number of halogens is 2. The zero-order valence-electron chi connectivity index (χ0n) is 11.2. The van der Waals surface area contributed by atoms with Crippen LogP contribution in [0.1, 0.15) is 12.0 Å². The highest BCUT2D eigenvalue weighted by Gasteiger charge is 2.03. The summed E-state index contributed by atoms with van der Waals surface area (Å²) in [6.07, 6.45) is 0.631. The molecule has 108 valence electrons. The molecule has 0 unspecified atom stereocenters. The molecule has 0 aromatic heterocycles. The molecule has 2 aromatic rings. The summed E-state index contributed by atoms with van der Waals surface area (Å²) in [6, 6.07) is 13.5. The Bertz CT molecular complexity index is 638. The van der Waals surface area contributed by atoms with Gasteiger partial charge in [0.05, 0.1) is 24.8 Å². The van der Waals surface area contributed by atoms with Gasteiger partial charge in [-0.25, -0.2) is 4.39 Å². The lowest BCUT2D eigenvalue weighted by molar-refractivity contribution is 0.241. The van der Waals surface area contributed by atoms with Gasteiger partial charge >= 0.3 is 0 Å². The van der Waals surface area contributed by atoms with Gasteiger partial charge in [-0.3, -0.25) is 0 Å². The minimum atomic E-state index is -0.383. The lowest BCUT2D eigenvalue weighted by Gasteiger charge is -2.09. The molecule has 0 aliphatic heterocycles. The molecule has 0 N–H and O–H groups in total. The lowest BCUT2D eigenvalue weighted by Crippen LogP contribution is -2.05. The third-order valence-electron chi connectivity index (χ3n) is 2.69. The van der Waals surface area contributed by atoms with Crippen molar-refractivity contribution in [2.75, 3.05) is 13.2 Å². The molecule has 0 heterocycles. The number of rotatable bonds is 6. The summed E-state index contributed by atoms with van der Waals surface area (Å²) in [5.74, 6) is 0.539.